The summed E-state index contributed by atoms with van der Waals surface area (Å²) >= 11 is 0. The van der Waals surface area contributed by atoms with E-state index in [-0.39, 0.29) is 12.0 Å². The molecule has 7 nitrogen and oxygen atoms in total. The number of rotatable bonds is 15. The molecule has 2 aliphatic carbocycles. The van der Waals surface area contributed by atoms with Gasteiger partial charge in [-0.15, -0.1) is 0 Å². The van der Waals surface area contributed by atoms with E-state index < -0.39 is 23.3 Å². The quantitative estimate of drug-likeness (QED) is 0.142. The second-order valence-corrected chi connectivity index (χ2v) is 12.4. The fraction of sp³-hybridized carbons (Fsp3) is 0.800. The van der Waals surface area contributed by atoms with Gasteiger partial charge in [-0.05, 0) is 87.3 Å². The molecule has 0 aromatic carbocycles. The van der Waals surface area contributed by atoms with Crippen LogP contribution in [0.15, 0.2) is 22.8 Å². The molecule has 2 atom stereocenters. The highest BCUT2D eigenvalue weighted by Crippen LogP contribution is 2.43. The number of carbonyl (C=O) groups excluding carboxylic acids is 1. The molecule has 42 heavy (non-hydrogen) atoms. The molecule has 0 radical (unpaired) electrons. The fourth-order valence-electron chi connectivity index (χ4n) is 6.26. The summed E-state index contributed by atoms with van der Waals surface area (Å²) in [6.45, 7) is 9.98. The number of carboxylic acids is 2. The number of aliphatic carboxylic acids is 2. The Hall–Kier alpha value is -2.15. The molecular formula is C35H62N2O5. The summed E-state index contributed by atoms with van der Waals surface area (Å²) in [7, 11) is 0. The minimum atomic E-state index is -2.20. The molecule has 5 N–H and O–H groups in total. The SMILES string of the molecule is CCCCC(CC)CN.CCCCC(CC)CNC(=O)C1=C(C2=CCCCCCC2)CCCCCC1(C(=O)O)C(=O)O. The third kappa shape index (κ3) is 11.9. The lowest BCUT2D eigenvalue weighted by Crippen LogP contribution is -2.48. The van der Waals surface area contributed by atoms with Crippen LogP contribution in [0.2, 0.25) is 0 Å². The predicted molar refractivity (Wildman–Crippen MR) is 172 cm³/mol. The summed E-state index contributed by atoms with van der Waals surface area (Å²) < 4.78 is 0. The van der Waals surface area contributed by atoms with Gasteiger partial charge in [-0.3, -0.25) is 14.4 Å². The number of carbonyl (C=O) groups is 3. The highest BCUT2D eigenvalue weighted by Gasteiger charge is 2.53. The highest BCUT2D eigenvalue weighted by atomic mass is 16.4. The molecule has 0 saturated heterocycles. The first-order valence-corrected chi connectivity index (χ1v) is 17.1. The monoisotopic (exact) mass is 590 g/mol. The van der Waals surface area contributed by atoms with Gasteiger partial charge in [0.15, 0.2) is 5.41 Å². The van der Waals surface area contributed by atoms with Crippen LogP contribution in [-0.4, -0.2) is 41.1 Å². The number of hydrogen-bond acceptors (Lipinski definition) is 4. The second kappa shape index (κ2) is 21.5. The lowest BCUT2D eigenvalue weighted by Gasteiger charge is -2.33. The molecule has 0 spiro atoms. The lowest BCUT2D eigenvalue weighted by atomic mass is 9.69. The molecule has 0 saturated carbocycles. The Bertz CT molecular complexity index is 861. The van der Waals surface area contributed by atoms with Gasteiger partial charge < -0.3 is 21.3 Å². The highest BCUT2D eigenvalue weighted by molar-refractivity contribution is 6.12. The molecule has 2 rings (SSSR count). The number of nitrogens with one attached hydrogen (secondary N) is 1. The van der Waals surface area contributed by atoms with Crippen LogP contribution in [0.25, 0.3) is 0 Å². The second-order valence-electron chi connectivity index (χ2n) is 12.4. The van der Waals surface area contributed by atoms with Gasteiger partial charge in [-0.1, -0.05) is 98.0 Å². The number of unbranched alkanes of at least 4 members (excludes halogenated alkanes) is 2. The molecule has 2 aliphatic rings. The van der Waals surface area contributed by atoms with Gasteiger partial charge in [0.25, 0.3) is 0 Å². The maximum absolute atomic E-state index is 13.7. The van der Waals surface area contributed by atoms with Gasteiger partial charge in [0.1, 0.15) is 0 Å². The molecule has 1 amide bonds. The molecule has 242 valence electrons. The first-order valence-electron chi connectivity index (χ1n) is 17.1. The van der Waals surface area contributed by atoms with Gasteiger partial charge in [0.2, 0.25) is 5.91 Å². The molecule has 0 fully saturated rings. The van der Waals surface area contributed by atoms with Crippen LogP contribution >= 0.6 is 0 Å². The largest absolute Gasteiger partial charge is 0.480 e. The Kier molecular flexibility index (Phi) is 19.4. The van der Waals surface area contributed by atoms with E-state index in [0.717, 1.165) is 88.7 Å². The Balaban J connectivity index is 0.000000844. The first kappa shape index (κ1) is 37.9. The van der Waals surface area contributed by atoms with Crippen LogP contribution in [-0.2, 0) is 14.4 Å². The van der Waals surface area contributed by atoms with Crippen LogP contribution in [0.3, 0.4) is 0 Å². The van der Waals surface area contributed by atoms with Crippen molar-refractivity contribution in [1.82, 2.24) is 5.32 Å². The van der Waals surface area contributed by atoms with E-state index in [0.29, 0.717) is 30.9 Å². The smallest absolute Gasteiger partial charge is 0.325 e. The molecule has 0 aromatic rings. The summed E-state index contributed by atoms with van der Waals surface area (Å²) in [6.07, 6.45) is 20.0. The molecular weight excluding hydrogens is 528 g/mol. The van der Waals surface area contributed by atoms with Crippen LogP contribution in [0.1, 0.15) is 150 Å². The van der Waals surface area contributed by atoms with Crippen molar-refractivity contribution in [2.45, 2.75) is 150 Å². The maximum Gasteiger partial charge on any atom is 0.325 e. The zero-order chi connectivity index (χ0) is 31.4. The first-order chi connectivity index (χ1) is 20.2. The van der Waals surface area contributed by atoms with Crippen molar-refractivity contribution in [3.05, 3.63) is 22.8 Å². The Morgan fingerprint density at radius 1 is 0.833 bits per heavy atom. The van der Waals surface area contributed by atoms with Crippen molar-refractivity contribution >= 4 is 17.8 Å². The fourth-order valence-corrected chi connectivity index (χ4v) is 6.26. The van der Waals surface area contributed by atoms with Crippen LogP contribution in [0, 0.1) is 17.3 Å². The van der Waals surface area contributed by atoms with E-state index in [1.807, 2.05) is 0 Å². The van der Waals surface area contributed by atoms with Crippen molar-refractivity contribution < 1.29 is 24.6 Å². The molecule has 0 bridgehead atoms. The van der Waals surface area contributed by atoms with E-state index in [1.54, 1.807) is 0 Å². The van der Waals surface area contributed by atoms with Crippen molar-refractivity contribution in [3.63, 3.8) is 0 Å². The predicted octanol–water partition coefficient (Wildman–Crippen LogP) is 8.18. The average molecular weight is 591 g/mol. The summed E-state index contributed by atoms with van der Waals surface area (Å²) in [6, 6.07) is 0. The van der Waals surface area contributed by atoms with E-state index in [4.69, 9.17) is 5.73 Å². The molecule has 0 heterocycles. The third-order valence-electron chi connectivity index (χ3n) is 9.31. The van der Waals surface area contributed by atoms with Gasteiger partial charge in [-0.25, -0.2) is 0 Å². The number of allylic oxidation sites excluding steroid dienone is 3. The minimum absolute atomic E-state index is 0.0145. The van der Waals surface area contributed by atoms with Crippen LogP contribution < -0.4 is 11.1 Å². The third-order valence-corrected chi connectivity index (χ3v) is 9.31. The summed E-state index contributed by atoms with van der Waals surface area (Å²) in [4.78, 5) is 38.8. The normalized spacial score (nSPS) is 19.0. The van der Waals surface area contributed by atoms with Crippen molar-refractivity contribution in [2.75, 3.05) is 13.1 Å². The average Bonchev–Trinajstić information content (AvgIpc) is 2.94. The zero-order valence-corrected chi connectivity index (χ0v) is 27.3. The van der Waals surface area contributed by atoms with E-state index in [2.05, 4.69) is 39.1 Å². The summed E-state index contributed by atoms with van der Waals surface area (Å²) in [5.41, 5.74) is 4.98. The van der Waals surface area contributed by atoms with Gasteiger partial charge in [0, 0.05) is 12.1 Å². The number of amides is 1. The Labute approximate surface area is 256 Å². The minimum Gasteiger partial charge on any atom is -0.480 e. The van der Waals surface area contributed by atoms with Gasteiger partial charge in [-0.2, -0.15) is 0 Å². The van der Waals surface area contributed by atoms with Gasteiger partial charge >= 0.3 is 11.9 Å². The van der Waals surface area contributed by atoms with Crippen LogP contribution in [0.5, 0.6) is 0 Å². The van der Waals surface area contributed by atoms with Crippen molar-refractivity contribution in [1.29, 1.82) is 0 Å². The molecule has 7 heteroatoms. The maximum atomic E-state index is 13.7. The number of carboxylic acid groups (broad SMARTS) is 2. The Morgan fingerprint density at radius 2 is 1.40 bits per heavy atom. The molecule has 2 unspecified atom stereocenters. The van der Waals surface area contributed by atoms with E-state index in [9.17, 15) is 24.6 Å². The van der Waals surface area contributed by atoms with Crippen molar-refractivity contribution in [3.8, 4) is 0 Å². The lowest BCUT2D eigenvalue weighted by molar-refractivity contribution is -0.163. The van der Waals surface area contributed by atoms with E-state index >= 15 is 0 Å². The number of nitrogens with two attached hydrogens (primary N) is 1. The molecule has 0 aliphatic heterocycles. The van der Waals surface area contributed by atoms with E-state index in [1.165, 1.54) is 32.1 Å². The van der Waals surface area contributed by atoms with Crippen LogP contribution in [0.4, 0.5) is 0 Å². The number of hydrogen-bond donors (Lipinski definition) is 4. The van der Waals surface area contributed by atoms with Crippen molar-refractivity contribution in [2.24, 2.45) is 23.0 Å². The Morgan fingerprint density at radius 3 is 1.98 bits per heavy atom. The zero-order valence-electron chi connectivity index (χ0n) is 27.3. The topological polar surface area (TPSA) is 130 Å². The summed E-state index contributed by atoms with van der Waals surface area (Å²) in [5.74, 6) is -2.27. The summed E-state index contributed by atoms with van der Waals surface area (Å²) in [5, 5.41) is 23.4. The van der Waals surface area contributed by atoms with Gasteiger partial charge in [0.05, 0.1) is 0 Å². The molecule has 0 aromatic heterocycles. The standard InChI is InChI=1S/C27H43NO5.C8H19N/c1-3-5-14-20(4-2)19-28-24(29)23-22(21-15-10-7-6-8-11-16-21)17-12-9-13-18-27(23,25(30)31)26(32)33;1-3-5-6-8(4-2)7-9/h15,20H,3-14,16-19H2,1-2H3,(H,28,29)(H,30,31)(H,32,33);8H,3-7,9H2,1-2H3.